The first kappa shape index (κ1) is 18.4. The van der Waals surface area contributed by atoms with Crippen molar-refractivity contribution in [3.63, 3.8) is 0 Å². The fourth-order valence-corrected chi connectivity index (χ4v) is 2.24. The highest BCUT2D eigenvalue weighted by Crippen LogP contribution is 2.31. The molecular weight excluding hydrogens is 321 g/mol. The Morgan fingerprint density at radius 3 is 2.50 bits per heavy atom. The fourth-order valence-electron chi connectivity index (χ4n) is 1.61. The number of nitrogens with one attached hydrogen (secondary N) is 1. The molecule has 1 amide bonds. The van der Waals surface area contributed by atoms with E-state index in [2.05, 4.69) is 11.1 Å². The van der Waals surface area contributed by atoms with E-state index >= 15 is 0 Å². The van der Waals surface area contributed by atoms with Gasteiger partial charge in [-0.25, -0.2) is 0 Å². The number of thioether (sulfide) groups is 1. The zero-order valence-electron chi connectivity index (χ0n) is 12.2. The molecule has 9 heteroatoms. The number of rotatable bonds is 7. The van der Waals surface area contributed by atoms with Gasteiger partial charge in [-0.05, 0) is 12.1 Å². The molecule has 1 aromatic rings. The number of carbonyl (C=O) groups excluding carboxylic acids is 1. The highest BCUT2D eigenvalue weighted by atomic mass is 32.2. The molecule has 0 aliphatic carbocycles. The molecule has 1 aromatic carbocycles. The van der Waals surface area contributed by atoms with E-state index in [1.807, 2.05) is 0 Å². The van der Waals surface area contributed by atoms with Crippen molar-refractivity contribution in [3.05, 3.63) is 18.2 Å². The van der Waals surface area contributed by atoms with Gasteiger partial charge in [0.15, 0.2) is 17.5 Å². The number of alkyl halides is 3. The molecule has 0 aliphatic heterocycles. The lowest BCUT2D eigenvalue weighted by Crippen LogP contribution is -2.66. The Morgan fingerprint density at radius 2 is 1.95 bits per heavy atom. The summed E-state index contributed by atoms with van der Waals surface area (Å²) < 4.78 is 46.2. The van der Waals surface area contributed by atoms with Crippen LogP contribution in [0.2, 0.25) is 0 Å². The van der Waals surface area contributed by atoms with E-state index in [1.54, 1.807) is 18.2 Å². The lowest BCUT2D eigenvalue weighted by molar-refractivity contribution is -0.402. The summed E-state index contributed by atoms with van der Waals surface area (Å²) in [6.45, 7) is 0. The van der Waals surface area contributed by atoms with E-state index in [4.69, 9.17) is 9.47 Å². The Kier molecular flexibility index (Phi) is 6.82. The second kappa shape index (κ2) is 8.14. The number of ether oxygens (including phenoxy) is 2. The van der Waals surface area contributed by atoms with Gasteiger partial charge in [0.1, 0.15) is 0 Å². The maximum Gasteiger partial charge on any atom is 0.441 e. The van der Waals surface area contributed by atoms with Crippen LogP contribution in [0.4, 0.5) is 18.9 Å². The van der Waals surface area contributed by atoms with Crippen LogP contribution in [0, 0.1) is 0 Å². The molecule has 0 aromatic heterocycles. The average molecular weight is 339 g/mol. The standard InChI is InChI=1S/C13H17F3N2O3S/c1-20-10-4-3-8(7-11(10)21-2)18-12(19)9(17)5-6-22-13(14,15)16/h3-4,7,9H,5-6,17H2,1-2H3,(H,18,19)/p+1/t9-/m0/s1. The number of amides is 1. The molecule has 0 heterocycles. The molecule has 0 saturated heterocycles. The first-order valence-electron chi connectivity index (χ1n) is 6.33. The molecule has 1 rings (SSSR count). The van der Waals surface area contributed by atoms with Gasteiger partial charge in [-0.1, -0.05) is 11.8 Å². The number of carbonyl (C=O) groups is 1. The molecular formula is C13H18F3N2O3S+. The largest absolute Gasteiger partial charge is 0.493 e. The van der Waals surface area contributed by atoms with Crippen molar-refractivity contribution in [2.45, 2.75) is 18.0 Å². The minimum Gasteiger partial charge on any atom is -0.493 e. The predicted molar refractivity (Wildman–Crippen MR) is 78.0 cm³/mol. The molecule has 0 radical (unpaired) electrons. The van der Waals surface area contributed by atoms with Crippen LogP contribution in [0.25, 0.3) is 0 Å². The third-order valence-corrected chi connectivity index (χ3v) is 3.52. The van der Waals surface area contributed by atoms with Crippen molar-refractivity contribution in [2.75, 3.05) is 25.3 Å². The van der Waals surface area contributed by atoms with Gasteiger partial charge in [0, 0.05) is 23.9 Å². The minimum absolute atomic E-state index is 0.0311. The zero-order chi connectivity index (χ0) is 16.8. The monoisotopic (exact) mass is 339 g/mol. The van der Waals surface area contributed by atoms with Crippen molar-refractivity contribution in [3.8, 4) is 11.5 Å². The van der Waals surface area contributed by atoms with Gasteiger partial charge in [-0.2, -0.15) is 13.2 Å². The Bertz CT molecular complexity index is 512. The van der Waals surface area contributed by atoms with Crippen LogP contribution in [-0.2, 0) is 4.79 Å². The third-order valence-electron chi connectivity index (χ3n) is 2.75. The highest BCUT2D eigenvalue weighted by molar-refractivity contribution is 8.00. The Balaban J connectivity index is 2.57. The maximum atomic E-state index is 12.0. The second-order valence-corrected chi connectivity index (χ2v) is 5.50. The number of hydrogen-bond donors (Lipinski definition) is 2. The van der Waals surface area contributed by atoms with Crippen molar-refractivity contribution in [1.82, 2.24) is 0 Å². The van der Waals surface area contributed by atoms with Gasteiger partial charge in [-0.3, -0.25) is 4.79 Å². The van der Waals surface area contributed by atoms with E-state index in [-0.39, 0.29) is 23.9 Å². The molecule has 0 fully saturated rings. The quantitative estimate of drug-likeness (QED) is 0.796. The summed E-state index contributed by atoms with van der Waals surface area (Å²) in [5, 5.41) is 2.59. The second-order valence-electron chi connectivity index (χ2n) is 4.34. The normalized spacial score (nSPS) is 12.6. The summed E-state index contributed by atoms with van der Waals surface area (Å²) in [4.78, 5) is 11.9. The summed E-state index contributed by atoms with van der Waals surface area (Å²) >= 11 is -0.160. The average Bonchev–Trinajstić information content (AvgIpc) is 2.45. The van der Waals surface area contributed by atoms with Gasteiger partial charge in [0.2, 0.25) is 0 Å². The number of hydrogen-bond acceptors (Lipinski definition) is 4. The summed E-state index contributed by atoms with van der Waals surface area (Å²) in [6.07, 6.45) is 0.0311. The number of benzene rings is 1. The van der Waals surface area contributed by atoms with Crippen molar-refractivity contribution in [2.24, 2.45) is 0 Å². The maximum absolute atomic E-state index is 12.0. The van der Waals surface area contributed by atoms with Gasteiger partial charge in [0.05, 0.1) is 14.2 Å². The smallest absolute Gasteiger partial charge is 0.441 e. The van der Waals surface area contributed by atoms with Crippen LogP contribution < -0.4 is 20.5 Å². The Hall–Kier alpha value is -1.61. The van der Waals surface area contributed by atoms with Crippen LogP contribution >= 0.6 is 11.8 Å². The molecule has 0 saturated carbocycles. The molecule has 124 valence electrons. The third kappa shape index (κ3) is 6.02. The van der Waals surface area contributed by atoms with E-state index in [0.717, 1.165) is 0 Å². The minimum atomic E-state index is -4.29. The van der Waals surface area contributed by atoms with Crippen LogP contribution in [0.5, 0.6) is 11.5 Å². The summed E-state index contributed by atoms with van der Waals surface area (Å²) in [6, 6.07) is 4.01. The van der Waals surface area contributed by atoms with Crippen LogP contribution in [0.3, 0.4) is 0 Å². The van der Waals surface area contributed by atoms with Gasteiger partial charge < -0.3 is 20.5 Å². The lowest BCUT2D eigenvalue weighted by Gasteiger charge is -2.12. The van der Waals surface area contributed by atoms with Gasteiger partial charge >= 0.3 is 5.51 Å². The number of halogens is 3. The lowest BCUT2D eigenvalue weighted by atomic mass is 10.2. The fraction of sp³-hybridized carbons (Fsp3) is 0.462. The first-order chi connectivity index (χ1) is 10.3. The summed E-state index contributed by atoms with van der Waals surface area (Å²) in [5.74, 6) is 0.286. The predicted octanol–water partition coefficient (Wildman–Crippen LogP) is 1.90. The Morgan fingerprint density at radius 1 is 1.32 bits per heavy atom. The summed E-state index contributed by atoms with van der Waals surface area (Å²) in [5.41, 5.74) is -0.253. The summed E-state index contributed by atoms with van der Waals surface area (Å²) in [7, 11) is 2.95. The van der Waals surface area contributed by atoms with Crippen LogP contribution in [-0.4, -0.2) is 37.4 Å². The molecule has 0 bridgehead atoms. The topological polar surface area (TPSA) is 75.2 Å². The molecule has 0 aliphatic rings. The van der Waals surface area contributed by atoms with Crippen molar-refractivity contribution >= 4 is 23.4 Å². The number of quaternary nitrogens is 1. The molecule has 5 nitrogen and oxygen atoms in total. The van der Waals surface area contributed by atoms with E-state index in [1.165, 1.54) is 14.2 Å². The van der Waals surface area contributed by atoms with Crippen molar-refractivity contribution in [1.29, 1.82) is 0 Å². The molecule has 22 heavy (non-hydrogen) atoms. The van der Waals surface area contributed by atoms with Crippen molar-refractivity contribution < 1.29 is 33.2 Å². The van der Waals surface area contributed by atoms with E-state index in [0.29, 0.717) is 17.2 Å². The van der Waals surface area contributed by atoms with Crippen LogP contribution in [0.1, 0.15) is 6.42 Å². The molecule has 4 N–H and O–H groups in total. The molecule has 0 spiro atoms. The Labute approximate surface area is 130 Å². The zero-order valence-corrected chi connectivity index (χ0v) is 13.0. The highest BCUT2D eigenvalue weighted by Gasteiger charge is 2.29. The number of methoxy groups -OCH3 is 2. The SMILES string of the molecule is COc1ccc(NC(=O)[C@@H]([NH3+])CCSC(F)(F)F)cc1OC. The van der Waals surface area contributed by atoms with Crippen LogP contribution in [0.15, 0.2) is 18.2 Å². The van der Waals surface area contributed by atoms with Gasteiger partial charge in [0.25, 0.3) is 5.91 Å². The first-order valence-corrected chi connectivity index (χ1v) is 7.32. The molecule has 0 unspecified atom stereocenters. The molecule has 1 atom stereocenters. The van der Waals surface area contributed by atoms with Gasteiger partial charge in [-0.15, -0.1) is 0 Å². The van der Waals surface area contributed by atoms with E-state index in [9.17, 15) is 18.0 Å². The van der Waals surface area contributed by atoms with E-state index < -0.39 is 17.5 Å². The number of anilines is 1.